The summed E-state index contributed by atoms with van der Waals surface area (Å²) in [5.41, 5.74) is 0. The number of ether oxygens (including phenoxy) is 3. The summed E-state index contributed by atoms with van der Waals surface area (Å²) in [6.07, 6.45) is 84.2. The number of rotatable bonds is 50. The van der Waals surface area contributed by atoms with E-state index in [9.17, 15) is 14.4 Å². The number of carbonyl (C=O) groups is 3. The SMILES string of the molecule is CC/C=C\C/C=C\C/C=C\C/C=C\C/C=C\C/C=C\CCCCC(=O)OCC(COC(=O)CCCCCCCCCCCCCCCC)OC(=O)CC/C=C\C/C=C\C/C=C\C/C=C\C/C=C\C/C=C\CC. The van der Waals surface area contributed by atoms with Crippen LogP contribution in [0.2, 0.25) is 0 Å². The fourth-order valence-corrected chi connectivity index (χ4v) is 7.35. The highest BCUT2D eigenvalue weighted by Gasteiger charge is 2.19. The fourth-order valence-electron chi connectivity index (χ4n) is 7.35. The lowest BCUT2D eigenvalue weighted by Crippen LogP contribution is -2.30. The summed E-state index contributed by atoms with van der Waals surface area (Å²) in [7, 11) is 0. The third kappa shape index (κ3) is 56.2. The second kappa shape index (κ2) is 58.9. The van der Waals surface area contributed by atoms with Crippen LogP contribution in [0.1, 0.15) is 233 Å². The van der Waals surface area contributed by atoms with Crippen molar-refractivity contribution in [2.24, 2.45) is 0 Å². The van der Waals surface area contributed by atoms with Crippen molar-refractivity contribution in [3.8, 4) is 0 Å². The van der Waals surface area contributed by atoms with Crippen molar-refractivity contribution in [3.05, 3.63) is 146 Å². The topological polar surface area (TPSA) is 78.9 Å². The van der Waals surface area contributed by atoms with Gasteiger partial charge in [0.15, 0.2) is 6.10 Å². The predicted molar refractivity (Wildman–Crippen MR) is 311 cm³/mol. The smallest absolute Gasteiger partial charge is 0.306 e. The molecule has 0 aromatic carbocycles. The van der Waals surface area contributed by atoms with E-state index < -0.39 is 12.1 Å². The van der Waals surface area contributed by atoms with Gasteiger partial charge in [-0.3, -0.25) is 14.4 Å². The van der Waals surface area contributed by atoms with Crippen LogP contribution in [0.3, 0.4) is 0 Å². The molecule has 0 spiro atoms. The van der Waals surface area contributed by atoms with Gasteiger partial charge in [0.05, 0.1) is 0 Å². The Morgan fingerprint density at radius 1 is 0.292 bits per heavy atom. The van der Waals surface area contributed by atoms with Crippen molar-refractivity contribution in [2.45, 2.75) is 239 Å². The summed E-state index contributed by atoms with van der Waals surface area (Å²) >= 11 is 0. The Kier molecular flexibility index (Phi) is 55.0. The highest BCUT2D eigenvalue weighted by molar-refractivity contribution is 5.71. The summed E-state index contributed by atoms with van der Waals surface area (Å²) in [4.78, 5) is 38.1. The number of hydrogen-bond acceptors (Lipinski definition) is 6. The average Bonchev–Trinajstić information content (AvgIpc) is 3.38. The molecule has 1 atom stereocenters. The molecular weight excluding hydrogens is 889 g/mol. The number of esters is 3. The minimum Gasteiger partial charge on any atom is -0.462 e. The van der Waals surface area contributed by atoms with Crippen LogP contribution in [-0.2, 0) is 28.6 Å². The Hall–Kier alpha value is -4.71. The van der Waals surface area contributed by atoms with Crippen molar-refractivity contribution >= 4 is 17.9 Å². The van der Waals surface area contributed by atoms with Crippen LogP contribution in [0.4, 0.5) is 0 Å². The van der Waals surface area contributed by atoms with Crippen molar-refractivity contribution < 1.29 is 28.6 Å². The lowest BCUT2D eigenvalue weighted by atomic mass is 10.0. The van der Waals surface area contributed by atoms with Gasteiger partial charge < -0.3 is 14.2 Å². The fraction of sp³-hybridized carbons (Fsp3) is 0.591. The molecule has 0 radical (unpaired) electrons. The Balaban J connectivity index is 4.60. The van der Waals surface area contributed by atoms with Gasteiger partial charge in [0.25, 0.3) is 0 Å². The van der Waals surface area contributed by atoms with Crippen LogP contribution in [-0.4, -0.2) is 37.2 Å². The van der Waals surface area contributed by atoms with Crippen molar-refractivity contribution in [1.29, 1.82) is 0 Å². The predicted octanol–water partition coefficient (Wildman–Crippen LogP) is 19.6. The number of hydrogen-bond donors (Lipinski definition) is 0. The molecule has 72 heavy (non-hydrogen) atoms. The molecule has 0 fully saturated rings. The number of carbonyl (C=O) groups excluding carboxylic acids is 3. The summed E-state index contributed by atoms with van der Waals surface area (Å²) in [6.45, 7) is 6.30. The molecule has 0 heterocycles. The monoisotopic (exact) mass is 993 g/mol. The van der Waals surface area contributed by atoms with E-state index in [-0.39, 0.29) is 38.0 Å². The molecule has 6 heteroatoms. The molecular formula is C66H104O6. The minimum atomic E-state index is -0.842. The molecule has 6 nitrogen and oxygen atoms in total. The molecule has 0 aliphatic rings. The van der Waals surface area contributed by atoms with Gasteiger partial charge in [-0.15, -0.1) is 0 Å². The zero-order valence-corrected chi connectivity index (χ0v) is 46.1. The lowest BCUT2D eigenvalue weighted by Gasteiger charge is -2.18. The van der Waals surface area contributed by atoms with Crippen molar-refractivity contribution in [2.75, 3.05) is 13.2 Å². The Labute approximate surface area is 442 Å². The maximum atomic E-state index is 12.8. The van der Waals surface area contributed by atoms with Gasteiger partial charge in [-0.1, -0.05) is 250 Å². The third-order valence-corrected chi connectivity index (χ3v) is 11.6. The summed E-state index contributed by atoms with van der Waals surface area (Å²) in [5.74, 6) is -1.06. The minimum absolute atomic E-state index is 0.126. The standard InChI is InChI=1S/C66H104O6/c1-4-7-10-13-16-19-22-25-28-30-32-33-35-36-38-41-44-47-50-53-56-59-65(68)71-62-63(61-70-64(67)58-55-52-49-46-43-40-27-24-21-18-15-12-9-6-3)72-66(69)60-57-54-51-48-45-42-39-37-34-31-29-26-23-20-17-14-11-8-5-2/h7-8,10-11,16-17,19-20,25-26,28-29,32-34,36-38,42,44-45,47,51,54,63H,4-6,9,12-15,18,21-24,27,30-31,35,39-41,43,46,48-50,52-53,55-62H2,1-3H3/b10-7-,11-8-,19-16-,20-17-,28-25-,29-26-,33-32-,37-34-,38-36-,45-42-,47-44-,54-51-. The first-order valence-corrected chi connectivity index (χ1v) is 28.8. The van der Waals surface area contributed by atoms with E-state index in [4.69, 9.17) is 14.2 Å². The molecule has 0 aliphatic carbocycles. The van der Waals surface area contributed by atoms with E-state index in [0.29, 0.717) is 19.3 Å². The second-order valence-corrected chi connectivity index (χ2v) is 18.4. The van der Waals surface area contributed by atoms with Crippen LogP contribution in [0.5, 0.6) is 0 Å². The second-order valence-electron chi connectivity index (χ2n) is 18.4. The highest BCUT2D eigenvalue weighted by atomic mass is 16.6. The molecule has 0 amide bonds. The normalized spacial score (nSPS) is 13.2. The first kappa shape index (κ1) is 67.3. The number of allylic oxidation sites excluding steroid dienone is 24. The van der Waals surface area contributed by atoms with E-state index in [1.165, 1.54) is 70.6 Å². The molecule has 0 saturated heterocycles. The molecule has 0 aliphatic heterocycles. The van der Waals surface area contributed by atoms with Gasteiger partial charge in [-0.05, 0) is 109 Å². The van der Waals surface area contributed by atoms with Gasteiger partial charge in [-0.25, -0.2) is 0 Å². The largest absolute Gasteiger partial charge is 0.462 e. The maximum absolute atomic E-state index is 12.8. The van der Waals surface area contributed by atoms with Crippen LogP contribution in [0.15, 0.2) is 146 Å². The van der Waals surface area contributed by atoms with E-state index in [1.54, 1.807) is 0 Å². The quantitative estimate of drug-likeness (QED) is 0.0261. The zero-order valence-electron chi connectivity index (χ0n) is 46.1. The molecule has 0 N–H and O–H groups in total. The summed E-state index contributed by atoms with van der Waals surface area (Å²) in [6, 6.07) is 0. The molecule has 1 unspecified atom stereocenters. The molecule has 0 aromatic rings. The van der Waals surface area contributed by atoms with E-state index in [2.05, 4.69) is 154 Å². The number of unbranched alkanes of at least 4 members (excludes halogenated alkanes) is 15. The van der Waals surface area contributed by atoms with Crippen molar-refractivity contribution in [3.63, 3.8) is 0 Å². The molecule has 0 aromatic heterocycles. The Morgan fingerprint density at radius 2 is 0.569 bits per heavy atom. The van der Waals surface area contributed by atoms with Crippen LogP contribution < -0.4 is 0 Å². The average molecular weight is 994 g/mol. The van der Waals surface area contributed by atoms with Gasteiger partial charge in [-0.2, -0.15) is 0 Å². The first-order valence-electron chi connectivity index (χ1n) is 28.8. The first-order chi connectivity index (χ1) is 35.5. The maximum Gasteiger partial charge on any atom is 0.306 e. The van der Waals surface area contributed by atoms with Crippen molar-refractivity contribution in [1.82, 2.24) is 0 Å². The van der Waals surface area contributed by atoms with Gasteiger partial charge in [0.1, 0.15) is 13.2 Å². The molecule has 0 rings (SSSR count). The lowest BCUT2D eigenvalue weighted by molar-refractivity contribution is -0.166. The molecule has 0 saturated carbocycles. The highest BCUT2D eigenvalue weighted by Crippen LogP contribution is 2.14. The van der Waals surface area contributed by atoms with E-state index in [0.717, 1.165) is 109 Å². The Morgan fingerprint density at radius 3 is 0.903 bits per heavy atom. The molecule has 404 valence electrons. The van der Waals surface area contributed by atoms with Crippen LogP contribution >= 0.6 is 0 Å². The van der Waals surface area contributed by atoms with E-state index in [1.807, 2.05) is 12.2 Å². The van der Waals surface area contributed by atoms with Crippen LogP contribution in [0.25, 0.3) is 0 Å². The zero-order chi connectivity index (χ0) is 52.2. The van der Waals surface area contributed by atoms with Gasteiger partial charge in [0, 0.05) is 19.3 Å². The summed E-state index contributed by atoms with van der Waals surface area (Å²) < 4.78 is 16.8. The Bertz CT molecular complexity index is 1610. The van der Waals surface area contributed by atoms with E-state index >= 15 is 0 Å². The molecule has 0 bridgehead atoms. The van der Waals surface area contributed by atoms with Gasteiger partial charge >= 0.3 is 17.9 Å². The van der Waals surface area contributed by atoms with Gasteiger partial charge in [0.2, 0.25) is 0 Å². The summed E-state index contributed by atoms with van der Waals surface area (Å²) in [5, 5.41) is 0. The van der Waals surface area contributed by atoms with Crippen LogP contribution in [0, 0.1) is 0 Å². The third-order valence-electron chi connectivity index (χ3n) is 11.6.